The van der Waals surface area contributed by atoms with Gasteiger partial charge >= 0.3 is 5.97 Å². The summed E-state index contributed by atoms with van der Waals surface area (Å²) in [5.74, 6) is -0.785. The number of alkyl halides is 1. The van der Waals surface area contributed by atoms with Gasteiger partial charge in [-0.15, -0.1) is 0 Å². The molecule has 0 aromatic heterocycles. The zero-order chi connectivity index (χ0) is 13.3. The number of benzene rings is 2. The molecule has 0 heterocycles. The first-order chi connectivity index (χ1) is 8.45. The lowest BCUT2D eigenvalue weighted by atomic mass is 9.95. The number of ether oxygens (including phenoxy) is 1. The first kappa shape index (κ1) is 12.4. The summed E-state index contributed by atoms with van der Waals surface area (Å²) < 4.78 is 19.1. The van der Waals surface area contributed by atoms with Crippen LogP contribution in [0, 0.1) is 0 Å². The molecule has 94 valence electrons. The van der Waals surface area contributed by atoms with Gasteiger partial charge in [-0.2, -0.15) is 0 Å². The summed E-state index contributed by atoms with van der Waals surface area (Å²) in [5, 5.41) is 10.5. The fourth-order valence-electron chi connectivity index (χ4n) is 1.77. The highest BCUT2D eigenvalue weighted by Crippen LogP contribution is 2.30. The number of carboxylic acids is 1. The number of rotatable bonds is 3. The quantitative estimate of drug-likeness (QED) is 0.907. The normalized spacial score (nSPS) is 14.2. The van der Waals surface area contributed by atoms with Crippen LogP contribution in [0.4, 0.5) is 4.39 Å². The van der Waals surface area contributed by atoms with Crippen molar-refractivity contribution in [2.75, 3.05) is 7.11 Å². The van der Waals surface area contributed by atoms with Crippen LogP contribution >= 0.6 is 0 Å². The highest BCUT2D eigenvalue weighted by atomic mass is 19.1. The molecule has 0 fully saturated rings. The van der Waals surface area contributed by atoms with Gasteiger partial charge in [0.25, 0.3) is 0 Å². The summed E-state index contributed by atoms with van der Waals surface area (Å²) in [6.45, 7) is 1.04. The van der Waals surface area contributed by atoms with Crippen molar-refractivity contribution >= 4 is 16.7 Å². The molecule has 0 spiro atoms. The van der Waals surface area contributed by atoms with Crippen LogP contribution in [-0.4, -0.2) is 18.2 Å². The van der Waals surface area contributed by atoms with Crippen LogP contribution in [0.3, 0.4) is 0 Å². The van der Waals surface area contributed by atoms with Gasteiger partial charge in [0.05, 0.1) is 7.11 Å². The molecule has 0 bridgehead atoms. The van der Waals surface area contributed by atoms with E-state index in [2.05, 4.69) is 0 Å². The van der Waals surface area contributed by atoms with Gasteiger partial charge in [-0.1, -0.05) is 18.2 Å². The van der Waals surface area contributed by atoms with Crippen molar-refractivity contribution in [3.8, 4) is 5.75 Å². The lowest BCUT2D eigenvalue weighted by Crippen LogP contribution is -2.26. The summed E-state index contributed by atoms with van der Waals surface area (Å²) in [7, 11) is 1.57. The molecule has 1 unspecified atom stereocenters. The molecule has 4 heteroatoms. The molecule has 0 amide bonds. The summed E-state index contributed by atoms with van der Waals surface area (Å²) in [6, 6.07) is 10.1. The third-order valence-electron chi connectivity index (χ3n) is 2.99. The third kappa shape index (κ3) is 2.01. The number of fused-ring (bicyclic) bond motifs is 1. The monoisotopic (exact) mass is 248 g/mol. The van der Waals surface area contributed by atoms with Gasteiger partial charge in [-0.3, -0.25) is 0 Å². The fourth-order valence-corrected chi connectivity index (χ4v) is 1.77. The Hall–Kier alpha value is -2.10. The van der Waals surface area contributed by atoms with Crippen LogP contribution in [0.2, 0.25) is 0 Å². The Balaban J connectivity index is 2.55. The predicted molar refractivity (Wildman–Crippen MR) is 66.6 cm³/mol. The number of aliphatic carboxylic acids is 1. The van der Waals surface area contributed by atoms with E-state index in [9.17, 15) is 9.18 Å². The highest BCUT2D eigenvalue weighted by molar-refractivity contribution is 5.87. The predicted octanol–water partition coefficient (Wildman–Crippen LogP) is 3.12. The van der Waals surface area contributed by atoms with Crippen molar-refractivity contribution < 1.29 is 19.0 Å². The lowest BCUT2D eigenvalue weighted by Gasteiger charge is -2.16. The average molecular weight is 248 g/mol. The molecule has 2 rings (SSSR count). The van der Waals surface area contributed by atoms with Crippen molar-refractivity contribution in [1.29, 1.82) is 0 Å². The molecule has 1 atom stereocenters. The minimum atomic E-state index is -2.38. The van der Waals surface area contributed by atoms with Crippen LogP contribution < -0.4 is 4.74 Å². The molecule has 0 saturated heterocycles. The topological polar surface area (TPSA) is 46.5 Å². The first-order valence-electron chi connectivity index (χ1n) is 5.46. The number of carboxylic acid groups (broad SMARTS) is 1. The summed E-state index contributed by atoms with van der Waals surface area (Å²) >= 11 is 0. The maximum atomic E-state index is 14.0. The number of carbonyl (C=O) groups is 1. The Bertz CT molecular complexity index is 605. The van der Waals surface area contributed by atoms with Crippen molar-refractivity contribution in [2.24, 2.45) is 0 Å². The van der Waals surface area contributed by atoms with Gasteiger partial charge in [0.15, 0.2) is 0 Å². The Kier molecular flexibility index (Phi) is 2.95. The smallest absolute Gasteiger partial charge is 0.345 e. The van der Waals surface area contributed by atoms with Crippen molar-refractivity contribution in [2.45, 2.75) is 12.6 Å². The van der Waals surface area contributed by atoms with Gasteiger partial charge in [-0.05, 0) is 35.9 Å². The number of methoxy groups -OCH3 is 1. The van der Waals surface area contributed by atoms with Gasteiger partial charge < -0.3 is 9.84 Å². The highest BCUT2D eigenvalue weighted by Gasteiger charge is 2.35. The largest absolute Gasteiger partial charge is 0.497 e. The second kappa shape index (κ2) is 4.29. The van der Waals surface area contributed by atoms with E-state index in [0.29, 0.717) is 5.75 Å². The molecule has 1 N–H and O–H groups in total. The number of hydrogen-bond acceptors (Lipinski definition) is 2. The second-order valence-electron chi connectivity index (χ2n) is 4.24. The minimum Gasteiger partial charge on any atom is -0.497 e. The molecule has 2 aromatic rings. The Morgan fingerprint density at radius 2 is 1.83 bits per heavy atom. The van der Waals surface area contributed by atoms with E-state index in [4.69, 9.17) is 9.84 Å². The van der Waals surface area contributed by atoms with E-state index < -0.39 is 11.6 Å². The van der Waals surface area contributed by atoms with Gasteiger partial charge in [0.2, 0.25) is 5.67 Å². The molecule has 0 aliphatic carbocycles. The molecule has 0 aliphatic heterocycles. The second-order valence-corrected chi connectivity index (χ2v) is 4.24. The molecule has 0 saturated carbocycles. The first-order valence-corrected chi connectivity index (χ1v) is 5.46. The maximum Gasteiger partial charge on any atom is 0.345 e. The zero-order valence-corrected chi connectivity index (χ0v) is 10.1. The average Bonchev–Trinajstić information content (AvgIpc) is 2.37. The lowest BCUT2D eigenvalue weighted by molar-refractivity contribution is -0.150. The van der Waals surface area contributed by atoms with E-state index in [1.165, 1.54) is 6.07 Å². The summed E-state index contributed by atoms with van der Waals surface area (Å²) in [5.41, 5.74) is -2.25. The zero-order valence-electron chi connectivity index (χ0n) is 10.1. The minimum absolute atomic E-state index is 0.132. The molecule has 18 heavy (non-hydrogen) atoms. The summed E-state index contributed by atoms with van der Waals surface area (Å²) in [6.07, 6.45) is 0. The van der Waals surface area contributed by atoms with Gasteiger partial charge in [-0.25, -0.2) is 9.18 Å². The van der Waals surface area contributed by atoms with Crippen molar-refractivity contribution in [3.63, 3.8) is 0 Å². The Morgan fingerprint density at radius 1 is 1.22 bits per heavy atom. The van der Waals surface area contributed by atoms with Gasteiger partial charge in [0, 0.05) is 5.56 Å². The maximum absolute atomic E-state index is 14.0. The van der Waals surface area contributed by atoms with Crippen LogP contribution in [0.15, 0.2) is 36.4 Å². The fraction of sp³-hybridized carbons (Fsp3) is 0.214. The van der Waals surface area contributed by atoms with Crippen molar-refractivity contribution in [1.82, 2.24) is 0 Å². The van der Waals surface area contributed by atoms with E-state index in [1.54, 1.807) is 31.4 Å². The Morgan fingerprint density at radius 3 is 2.44 bits per heavy atom. The molecular weight excluding hydrogens is 235 g/mol. The third-order valence-corrected chi connectivity index (χ3v) is 2.99. The number of hydrogen-bond donors (Lipinski definition) is 1. The van der Waals surface area contributed by atoms with Crippen LogP contribution in [0.1, 0.15) is 12.5 Å². The van der Waals surface area contributed by atoms with Crippen LogP contribution in [-0.2, 0) is 10.5 Å². The van der Waals surface area contributed by atoms with E-state index >= 15 is 0 Å². The molecular formula is C14H13FO3. The van der Waals surface area contributed by atoms with E-state index in [-0.39, 0.29) is 5.56 Å². The molecule has 0 aliphatic rings. The van der Waals surface area contributed by atoms with E-state index in [1.807, 2.05) is 6.07 Å². The standard InChI is InChI=1S/C14H13FO3/c1-14(15,13(16)17)11-5-3-10-8-12(18-2)6-4-9(10)7-11/h3-8H,1-2H3,(H,16,17). The molecule has 2 aromatic carbocycles. The molecule has 0 radical (unpaired) electrons. The molecule has 3 nitrogen and oxygen atoms in total. The summed E-state index contributed by atoms with van der Waals surface area (Å²) in [4.78, 5) is 10.9. The van der Waals surface area contributed by atoms with Crippen LogP contribution in [0.5, 0.6) is 5.75 Å². The number of halogens is 1. The Labute approximate surface area is 104 Å². The van der Waals surface area contributed by atoms with E-state index in [0.717, 1.165) is 17.7 Å². The SMILES string of the molecule is COc1ccc2cc(C(C)(F)C(=O)O)ccc2c1. The van der Waals surface area contributed by atoms with Gasteiger partial charge in [0.1, 0.15) is 5.75 Å². The van der Waals surface area contributed by atoms with Crippen molar-refractivity contribution in [3.05, 3.63) is 42.0 Å². The van der Waals surface area contributed by atoms with Crippen LogP contribution in [0.25, 0.3) is 10.8 Å².